The third-order valence-corrected chi connectivity index (χ3v) is 4.21. The van der Waals surface area contributed by atoms with Crippen LogP contribution in [0.3, 0.4) is 0 Å². The number of nitrogens with zero attached hydrogens (tertiary/aromatic N) is 2. The molecule has 20 heavy (non-hydrogen) atoms. The molecule has 0 saturated heterocycles. The zero-order valence-electron chi connectivity index (χ0n) is 12.1. The lowest BCUT2D eigenvalue weighted by Gasteiger charge is -2.26. The second-order valence-corrected chi connectivity index (χ2v) is 5.73. The molecule has 0 radical (unpaired) electrons. The summed E-state index contributed by atoms with van der Waals surface area (Å²) in [6.07, 6.45) is 3.34. The number of hydrogen-bond acceptors (Lipinski definition) is 3. The van der Waals surface area contributed by atoms with Crippen LogP contribution in [0, 0.1) is 6.92 Å². The molecule has 1 saturated carbocycles. The van der Waals surface area contributed by atoms with Crippen LogP contribution < -0.4 is 5.56 Å². The van der Waals surface area contributed by atoms with Crippen LogP contribution in [0.5, 0.6) is 0 Å². The first-order valence-electron chi connectivity index (χ1n) is 7.01. The molecule has 1 aliphatic carbocycles. The Bertz CT molecular complexity index is 770. The molecular weight excluding hydrogens is 252 g/mol. The maximum absolute atomic E-state index is 12.5. The van der Waals surface area contributed by atoms with Gasteiger partial charge in [0, 0.05) is 18.5 Å². The second-order valence-electron chi connectivity index (χ2n) is 5.73. The molecule has 0 bridgehead atoms. The van der Waals surface area contributed by atoms with Crippen molar-refractivity contribution in [2.24, 2.45) is 7.05 Å². The fourth-order valence-corrected chi connectivity index (χ4v) is 2.84. The van der Waals surface area contributed by atoms with Gasteiger partial charge in [-0.3, -0.25) is 14.2 Å². The van der Waals surface area contributed by atoms with Gasteiger partial charge in [-0.2, -0.15) is 0 Å². The van der Waals surface area contributed by atoms with E-state index >= 15 is 0 Å². The maximum Gasteiger partial charge on any atom is 0.261 e. The third-order valence-electron chi connectivity index (χ3n) is 4.21. The van der Waals surface area contributed by atoms with E-state index < -0.39 is 0 Å². The van der Waals surface area contributed by atoms with Crippen LogP contribution in [0.15, 0.2) is 16.9 Å². The topological polar surface area (TPSA) is 52.0 Å². The van der Waals surface area contributed by atoms with Crippen LogP contribution in [-0.4, -0.2) is 15.3 Å². The van der Waals surface area contributed by atoms with Crippen LogP contribution in [0.1, 0.15) is 53.8 Å². The number of Topliss-reactive ketones (excluding diaryl/α,β-unsaturated/α-hetero) is 1. The minimum absolute atomic E-state index is 0.0426. The summed E-state index contributed by atoms with van der Waals surface area (Å²) in [5, 5.41) is 0.542. The van der Waals surface area contributed by atoms with Gasteiger partial charge in [0.2, 0.25) is 0 Å². The van der Waals surface area contributed by atoms with Crippen molar-refractivity contribution in [3.05, 3.63) is 39.4 Å². The highest BCUT2D eigenvalue weighted by Crippen LogP contribution is 2.35. The Morgan fingerprint density at radius 3 is 2.60 bits per heavy atom. The second kappa shape index (κ2) is 4.54. The fraction of sp³-hybridized carbons (Fsp3) is 0.438. The Morgan fingerprint density at radius 2 is 2.05 bits per heavy atom. The van der Waals surface area contributed by atoms with Crippen LogP contribution >= 0.6 is 0 Å². The lowest BCUT2D eigenvalue weighted by Crippen LogP contribution is -2.27. The van der Waals surface area contributed by atoms with Crippen molar-refractivity contribution in [3.8, 4) is 0 Å². The standard InChI is InChI=1S/C16H18N2O2/c1-9-7-12(10(2)19)14-13(8-9)16(20)18(3)15(17-14)11-5-4-6-11/h7-8,11H,4-6H2,1-3H3. The van der Waals surface area contributed by atoms with Gasteiger partial charge in [0.1, 0.15) is 5.82 Å². The highest BCUT2D eigenvalue weighted by Gasteiger charge is 2.25. The molecule has 1 aromatic heterocycles. The molecule has 0 aliphatic heterocycles. The van der Waals surface area contributed by atoms with E-state index in [9.17, 15) is 9.59 Å². The van der Waals surface area contributed by atoms with Gasteiger partial charge in [-0.05, 0) is 44.4 Å². The van der Waals surface area contributed by atoms with Gasteiger partial charge in [-0.15, -0.1) is 0 Å². The van der Waals surface area contributed by atoms with Crippen molar-refractivity contribution in [3.63, 3.8) is 0 Å². The number of carbonyl (C=O) groups is 1. The molecule has 4 heteroatoms. The average Bonchev–Trinajstić information content (AvgIpc) is 2.33. The molecule has 0 unspecified atom stereocenters. The summed E-state index contributed by atoms with van der Waals surface area (Å²) in [6.45, 7) is 3.42. The van der Waals surface area contributed by atoms with Crippen LogP contribution in [0.2, 0.25) is 0 Å². The molecule has 104 valence electrons. The van der Waals surface area contributed by atoms with Gasteiger partial charge in [0.15, 0.2) is 5.78 Å². The van der Waals surface area contributed by atoms with E-state index in [-0.39, 0.29) is 11.3 Å². The number of aromatic nitrogens is 2. The van der Waals surface area contributed by atoms with Crippen molar-refractivity contribution in [2.75, 3.05) is 0 Å². The normalized spacial score (nSPS) is 15.3. The molecule has 0 amide bonds. The van der Waals surface area contributed by atoms with Crippen molar-refractivity contribution in [1.82, 2.24) is 9.55 Å². The summed E-state index contributed by atoms with van der Waals surface area (Å²) in [5.74, 6) is 1.14. The molecule has 3 rings (SSSR count). The average molecular weight is 270 g/mol. The number of fused-ring (bicyclic) bond motifs is 1. The lowest BCUT2D eigenvalue weighted by molar-refractivity contribution is 0.101. The molecule has 1 aliphatic rings. The Labute approximate surface area is 117 Å². The molecule has 1 fully saturated rings. The SMILES string of the molecule is CC(=O)c1cc(C)cc2c(=O)n(C)c(C3CCC3)nc12. The highest BCUT2D eigenvalue weighted by molar-refractivity contribution is 6.05. The summed E-state index contributed by atoms with van der Waals surface area (Å²) < 4.78 is 1.65. The van der Waals surface area contributed by atoms with Crippen molar-refractivity contribution >= 4 is 16.7 Å². The van der Waals surface area contributed by atoms with Gasteiger partial charge in [-0.1, -0.05) is 6.42 Å². The fourth-order valence-electron chi connectivity index (χ4n) is 2.84. The monoisotopic (exact) mass is 270 g/mol. The number of rotatable bonds is 2. The molecule has 0 N–H and O–H groups in total. The predicted molar refractivity (Wildman–Crippen MR) is 78.3 cm³/mol. The smallest absolute Gasteiger partial charge is 0.261 e. The van der Waals surface area contributed by atoms with Gasteiger partial charge < -0.3 is 0 Å². The van der Waals surface area contributed by atoms with E-state index in [0.717, 1.165) is 24.2 Å². The molecular formula is C16H18N2O2. The van der Waals surface area contributed by atoms with Crippen LogP contribution in [0.25, 0.3) is 10.9 Å². The predicted octanol–water partition coefficient (Wildman–Crippen LogP) is 2.71. The molecule has 0 atom stereocenters. The van der Waals surface area contributed by atoms with Crippen molar-refractivity contribution in [2.45, 2.75) is 39.0 Å². The Kier molecular flexibility index (Phi) is 2.96. The van der Waals surface area contributed by atoms with E-state index in [0.29, 0.717) is 22.4 Å². The first-order chi connectivity index (χ1) is 9.49. The summed E-state index contributed by atoms with van der Waals surface area (Å²) >= 11 is 0. The number of carbonyl (C=O) groups excluding carboxylic acids is 1. The van der Waals surface area contributed by atoms with Gasteiger partial charge in [-0.25, -0.2) is 4.98 Å². The third kappa shape index (κ3) is 1.87. The molecule has 4 nitrogen and oxygen atoms in total. The van der Waals surface area contributed by atoms with Crippen molar-refractivity contribution in [1.29, 1.82) is 0 Å². The summed E-state index contributed by atoms with van der Waals surface area (Å²) in [7, 11) is 1.78. The highest BCUT2D eigenvalue weighted by atomic mass is 16.1. The van der Waals surface area contributed by atoms with Gasteiger partial charge in [0.25, 0.3) is 5.56 Å². The van der Waals surface area contributed by atoms with E-state index in [1.54, 1.807) is 11.6 Å². The Morgan fingerprint density at radius 1 is 1.35 bits per heavy atom. The van der Waals surface area contributed by atoms with Crippen LogP contribution in [-0.2, 0) is 7.05 Å². The zero-order valence-corrected chi connectivity index (χ0v) is 12.1. The molecule has 2 aromatic rings. The summed E-state index contributed by atoms with van der Waals surface area (Å²) in [4.78, 5) is 29.0. The van der Waals surface area contributed by atoms with E-state index in [2.05, 4.69) is 4.98 Å². The number of benzene rings is 1. The number of aryl methyl sites for hydroxylation is 1. The van der Waals surface area contributed by atoms with Crippen LogP contribution in [0.4, 0.5) is 0 Å². The Hall–Kier alpha value is -1.97. The number of ketones is 1. The number of hydrogen-bond donors (Lipinski definition) is 0. The zero-order chi connectivity index (χ0) is 14.4. The summed E-state index contributed by atoms with van der Waals surface area (Å²) in [5.41, 5.74) is 1.98. The minimum Gasteiger partial charge on any atom is -0.299 e. The molecule has 1 heterocycles. The minimum atomic E-state index is -0.0527. The first kappa shape index (κ1) is 13.0. The van der Waals surface area contributed by atoms with E-state index in [4.69, 9.17) is 0 Å². The van der Waals surface area contributed by atoms with Gasteiger partial charge >= 0.3 is 0 Å². The molecule has 0 spiro atoms. The first-order valence-corrected chi connectivity index (χ1v) is 7.01. The van der Waals surface area contributed by atoms with E-state index in [1.165, 1.54) is 13.3 Å². The molecule has 1 aromatic carbocycles. The maximum atomic E-state index is 12.5. The van der Waals surface area contributed by atoms with Crippen molar-refractivity contribution < 1.29 is 4.79 Å². The van der Waals surface area contributed by atoms with Gasteiger partial charge in [0.05, 0.1) is 10.9 Å². The quantitative estimate of drug-likeness (QED) is 0.788. The van der Waals surface area contributed by atoms with E-state index in [1.807, 2.05) is 19.1 Å². The Balaban J connectivity index is 2.39. The lowest BCUT2D eigenvalue weighted by atomic mass is 9.84. The summed E-state index contributed by atoms with van der Waals surface area (Å²) in [6, 6.07) is 3.64. The largest absolute Gasteiger partial charge is 0.299 e.